The third-order valence-corrected chi connectivity index (χ3v) is 4.83. The predicted molar refractivity (Wildman–Crippen MR) is 86.2 cm³/mol. The van der Waals surface area contributed by atoms with Crippen molar-refractivity contribution in [2.24, 2.45) is 0 Å². The molecule has 1 aliphatic rings. The van der Waals surface area contributed by atoms with Crippen LogP contribution in [0.25, 0.3) is 10.2 Å². The first-order valence-corrected chi connectivity index (χ1v) is 8.24. The van der Waals surface area contributed by atoms with Crippen LogP contribution in [0.1, 0.15) is 28.3 Å². The number of thiazole rings is 1. The van der Waals surface area contributed by atoms with E-state index in [9.17, 15) is 4.79 Å². The molecule has 0 saturated carbocycles. The Bertz CT molecular complexity index is 851. The summed E-state index contributed by atoms with van der Waals surface area (Å²) in [5.74, 6) is 1.11. The second-order valence-electron chi connectivity index (χ2n) is 5.69. The maximum Gasteiger partial charge on any atom is 0.251 e. The molecule has 0 spiro atoms. The number of carbonyl (C=O) groups excluding carboxylic acids is 1. The van der Waals surface area contributed by atoms with Crippen molar-refractivity contribution in [1.82, 2.24) is 19.9 Å². The largest absolute Gasteiger partial charge is 0.347 e. The van der Waals surface area contributed by atoms with Crippen LogP contribution in [0.15, 0.2) is 29.9 Å². The molecule has 0 aliphatic carbocycles. The van der Waals surface area contributed by atoms with E-state index in [1.165, 1.54) is 0 Å². The van der Waals surface area contributed by atoms with Crippen LogP contribution >= 0.6 is 11.3 Å². The van der Waals surface area contributed by atoms with E-state index in [1.807, 2.05) is 25.1 Å². The van der Waals surface area contributed by atoms with Crippen molar-refractivity contribution < 1.29 is 4.79 Å². The lowest BCUT2D eigenvalue weighted by Crippen LogP contribution is -2.40. The summed E-state index contributed by atoms with van der Waals surface area (Å²) in [6.07, 6.45) is 3.90. The van der Waals surface area contributed by atoms with Crippen LogP contribution in [0.3, 0.4) is 0 Å². The minimum atomic E-state index is -0.0133. The molecule has 1 amide bonds. The number of nitrogens with one attached hydrogen (secondary N) is 1. The number of hydrogen-bond acceptors (Lipinski definition) is 4. The molecular formula is C16H16N4OS. The van der Waals surface area contributed by atoms with Crippen molar-refractivity contribution in [3.05, 3.63) is 47.0 Å². The summed E-state index contributed by atoms with van der Waals surface area (Å²) in [6, 6.07) is 5.81. The second-order valence-corrected chi connectivity index (χ2v) is 6.58. The predicted octanol–water partition coefficient (Wildman–Crippen LogP) is 2.55. The third-order valence-electron chi connectivity index (χ3n) is 4.04. The molecule has 22 heavy (non-hydrogen) atoms. The molecule has 112 valence electrons. The standard InChI is InChI=1S/C16H16N4OS/c1-10-7-20-8-12(3-5-15(20)18-10)19-16(21)11-2-4-13-14(6-11)22-9-17-13/h2,4,6-7,9,12H,3,5,8H2,1H3,(H,19,21)/t12-/m1/s1. The van der Waals surface area contributed by atoms with E-state index < -0.39 is 0 Å². The number of hydrogen-bond donors (Lipinski definition) is 1. The molecule has 1 aromatic carbocycles. The van der Waals surface area contributed by atoms with Crippen LogP contribution in [0.4, 0.5) is 0 Å². The van der Waals surface area contributed by atoms with Gasteiger partial charge in [0.2, 0.25) is 0 Å². The summed E-state index contributed by atoms with van der Waals surface area (Å²) in [5.41, 5.74) is 4.48. The van der Waals surface area contributed by atoms with Gasteiger partial charge >= 0.3 is 0 Å². The average Bonchev–Trinajstić information content (AvgIpc) is 3.10. The molecule has 6 heteroatoms. The Morgan fingerprint density at radius 2 is 2.36 bits per heavy atom. The molecule has 5 nitrogen and oxygen atoms in total. The molecule has 0 radical (unpaired) electrons. The Kier molecular flexibility index (Phi) is 3.18. The van der Waals surface area contributed by atoms with E-state index in [0.717, 1.165) is 41.1 Å². The highest BCUT2D eigenvalue weighted by atomic mass is 32.1. The first-order valence-electron chi connectivity index (χ1n) is 7.36. The van der Waals surface area contributed by atoms with Gasteiger partial charge in [0, 0.05) is 30.8 Å². The molecule has 1 N–H and O–H groups in total. The fourth-order valence-corrected chi connectivity index (χ4v) is 3.69. The average molecular weight is 312 g/mol. The van der Waals surface area contributed by atoms with Gasteiger partial charge in [0.25, 0.3) is 5.91 Å². The maximum atomic E-state index is 12.4. The van der Waals surface area contributed by atoms with Gasteiger partial charge < -0.3 is 9.88 Å². The number of aryl methyl sites for hydroxylation is 2. The summed E-state index contributed by atoms with van der Waals surface area (Å²) < 4.78 is 3.19. The van der Waals surface area contributed by atoms with Gasteiger partial charge in [0.15, 0.2) is 0 Å². The molecule has 4 rings (SSSR count). The van der Waals surface area contributed by atoms with Gasteiger partial charge in [-0.2, -0.15) is 0 Å². The quantitative estimate of drug-likeness (QED) is 0.791. The normalized spacial score (nSPS) is 17.4. The zero-order valence-electron chi connectivity index (χ0n) is 12.2. The van der Waals surface area contributed by atoms with Gasteiger partial charge in [-0.05, 0) is 31.5 Å². The number of imidazole rings is 1. The number of benzene rings is 1. The summed E-state index contributed by atoms with van der Waals surface area (Å²) >= 11 is 1.55. The van der Waals surface area contributed by atoms with Crippen LogP contribution in [0.5, 0.6) is 0 Å². The Morgan fingerprint density at radius 3 is 3.27 bits per heavy atom. The highest BCUT2D eigenvalue weighted by Crippen LogP contribution is 2.20. The van der Waals surface area contributed by atoms with Gasteiger partial charge in [0.05, 0.1) is 21.4 Å². The van der Waals surface area contributed by atoms with Crippen molar-refractivity contribution in [3.63, 3.8) is 0 Å². The van der Waals surface area contributed by atoms with Gasteiger partial charge in [-0.1, -0.05) is 0 Å². The fraction of sp³-hybridized carbons (Fsp3) is 0.312. The first-order chi connectivity index (χ1) is 10.7. The van der Waals surface area contributed by atoms with E-state index in [1.54, 1.807) is 16.8 Å². The van der Waals surface area contributed by atoms with Crippen LogP contribution in [-0.2, 0) is 13.0 Å². The van der Waals surface area contributed by atoms with Crippen LogP contribution in [-0.4, -0.2) is 26.5 Å². The summed E-state index contributed by atoms with van der Waals surface area (Å²) in [7, 11) is 0. The molecule has 3 heterocycles. The van der Waals surface area contributed by atoms with E-state index in [2.05, 4.69) is 26.0 Å². The lowest BCUT2D eigenvalue weighted by molar-refractivity contribution is 0.0927. The molecule has 0 unspecified atom stereocenters. The lowest BCUT2D eigenvalue weighted by atomic mass is 10.1. The van der Waals surface area contributed by atoms with Crippen LogP contribution in [0, 0.1) is 6.92 Å². The van der Waals surface area contributed by atoms with Crippen molar-refractivity contribution in [1.29, 1.82) is 0 Å². The molecular weight excluding hydrogens is 296 g/mol. The van der Waals surface area contributed by atoms with E-state index in [-0.39, 0.29) is 11.9 Å². The summed E-state index contributed by atoms with van der Waals surface area (Å²) in [5, 5.41) is 3.14. The molecule has 2 aromatic heterocycles. The number of aromatic nitrogens is 3. The molecule has 1 atom stereocenters. The number of carbonyl (C=O) groups is 1. The van der Waals surface area contributed by atoms with Gasteiger partial charge in [-0.15, -0.1) is 11.3 Å². The smallest absolute Gasteiger partial charge is 0.251 e. The highest BCUT2D eigenvalue weighted by Gasteiger charge is 2.21. The second kappa shape index (κ2) is 5.21. The molecule has 3 aromatic rings. The van der Waals surface area contributed by atoms with Gasteiger partial charge in [-0.25, -0.2) is 9.97 Å². The van der Waals surface area contributed by atoms with Crippen molar-refractivity contribution in [3.8, 4) is 0 Å². The number of fused-ring (bicyclic) bond motifs is 2. The first kappa shape index (κ1) is 13.5. The third kappa shape index (κ3) is 2.39. The molecule has 0 fully saturated rings. The number of rotatable bonds is 2. The minimum Gasteiger partial charge on any atom is -0.347 e. The fourth-order valence-electron chi connectivity index (χ4n) is 2.97. The topological polar surface area (TPSA) is 59.8 Å². The van der Waals surface area contributed by atoms with Crippen LogP contribution in [0.2, 0.25) is 0 Å². The van der Waals surface area contributed by atoms with E-state index in [4.69, 9.17) is 0 Å². The minimum absolute atomic E-state index is 0.0133. The number of amides is 1. The van der Waals surface area contributed by atoms with Gasteiger partial charge in [0.1, 0.15) is 5.82 Å². The summed E-state index contributed by atoms with van der Waals surface area (Å²) in [4.78, 5) is 21.2. The van der Waals surface area contributed by atoms with E-state index in [0.29, 0.717) is 5.56 Å². The number of nitrogens with zero attached hydrogens (tertiary/aromatic N) is 3. The molecule has 0 bridgehead atoms. The van der Waals surface area contributed by atoms with Crippen molar-refractivity contribution >= 4 is 27.5 Å². The Balaban J connectivity index is 1.50. The van der Waals surface area contributed by atoms with E-state index >= 15 is 0 Å². The molecule has 0 saturated heterocycles. The lowest BCUT2D eigenvalue weighted by Gasteiger charge is -2.24. The van der Waals surface area contributed by atoms with Crippen molar-refractivity contribution in [2.75, 3.05) is 0 Å². The van der Waals surface area contributed by atoms with Gasteiger partial charge in [-0.3, -0.25) is 4.79 Å². The maximum absolute atomic E-state index is 12.4. The van der Waals surface area contributed by atoms with Crippen LogP contribution < -0.4 is 5.32 Å². The molecule has 1 aliphatic heterocycles. The Morgan fingerprint density at radius 1 is 1.45 bits per heavy atom. The zero-order chi connectivity index (χ0) is 15.1. The highest BCUT2D eigenvalue weighted by molar-refractivity contribution is 7.16. The zero-order valence-corrected chi connectivity index (χ0v) is 13.1. The SMILES string of the molecule is Cc1cn2c(n1)CC[C@@H](NC(=O)c1ccc3ncsc3c1)C2. The monoisotopic (exact) mass is 312 g/mol. The Hall–Kier alpha value is -2.21. The Labute approximate surface area is 132 Å². The summed E-state index contributed by atoms with van der Waals surface area (Å²) in [6.45, 7) is 2.80. The van der Waals surface area contributed by atoms with Crippen molar-refractivity contribution in [2.45, 2.75) is 32.4 Å².